The van der Waals surface area contributed by atoms with Gasteiger partial charge in [-0.05, 0) is 38.8 Å². The Morgan fingerprint density at radius 1 is 1.23 bits per heavy atom. The molecule has 6 nitrogen and oxygen atoms in total. The van der Waals surface area contributed by atoms with Gasteiger partial charge in [0, 0.05) is 32.2 Å². The van der Waals surface area contributed by atoms with Crippen molar-refractivity contribution in [2.45, 2.75) is 44.9 Å². The van der Waals surface area contributed by atoms with Gasteiger partial charge in [-0.2, -0.15) is 0 Å². The molecule has 0 spiro atoms. The summed E-state index contributed by atoms with van der Waals surface area (Å²) in [5.74, 6) is 2.43. The van der Waals surface area contributed by atoms with Gasteiger partial charge >= 0.3 is 0 Å². The Morgan fingerprint density at radius 2 is 1.96 bits per heavy atom. The first-order chi connectivity index (χ1) is 12.2. The Kier molecular flexibility index (Phi) is 8.27. The fraction of sp³-hybridized carbons (Fsp3) is 0.632. The van der Waals surface area contributed by atoms with Gasteiger partial charge in [0.05, 0.1) is 6.54 Å². The third kappa shape index (κ3) is 5.90. The average molecular weight is 474 g/mol. The number of hydrogen-bond donors (Lipinski definition) is 2. The highest BCUT2D eigenvalue weighted by Crippen LogP contribution is 2.30. The molecule has 0 bridgehead atoms. The lowest BCUT2D eigenvalue weighted by molar-refractivity contribution is 0.0936. The topological polar surface area (TPSA) is 58.1 Å². The quantitative estimate of drug-likeness (QED) is 0.362. The minimum atomic E-state index is -0.0212. The standard InChI is InChI=1S/C19H30N4O2.HI/c1-14(2)23(15-8-9-15)11-10-21-19(20-3)22-12-16-13-24-17-6-4-5-7-18(17)25-16;/h4-7,14-16H,8-13H2,1-3H3,(H2,20,21,22);1H. The molecule has 0 radical (unpaired) electrons. The summed E-state index contributed by atoms with van der Waals surface area (Å²) in [5.41, 5.74) is 0. The zero-order valence-electron chi connectivity index (χ0n) is 15.9. The molecule has 1 unspecified atom stereocenters. The van der Waals surface area contributed by atoms with Crippen LogP contribution in [0.5, 0.6) is 11.5 Å². The molecule has 146 valence electrons. The first kappa shape index (κ1) is 21.1. The predicted molar refractivity (Wildman–Crippen MR) is 116 cm³/mol. The minimum Gasteiger partial charge on any atom is -0.486 e. The lowest BCUT2D eigenvalue weighted by atomic mass is 10.2. The van der Waals surface area contributed by atoms with Crippen LogP contribution in [-0.2, 0) is 0 Å². The van der Waals surface area contributed by atoms with E-state index in [2.05, 4.69) is 34.4 Å². The summed E-state index contributed by atoms with van der Waals surface area (Å²) < 4.78 is 11.7. The molecule has 1 heterocycles. The summed E-state index contributed by atoms with van der Waals surface area (Å²) >= 11 is 0. The molecule has 1 atom stereocenters. The molecule has 1 aliphatic heterocycles. The van der Waals surface area contributed by atoms with Crippen molar-refractivity contribution in [1.29, 1.82) is 0 Å². The highest BCUT2D eigenvalue weighted by Gasteiger charge is 2.30. The molecule has 2 N–H and O–H groups in total. The van der Waals surface area contributed by atoms with Crippen molar-refractivity contribution in [2.24, 2.45) is 4.99 Å². The van der Waals surface area contributed by atoms with E-state index in [4.69, 9.17) is 9.47 Å². The molecule has 7 heteroatoms. The number of nitrogens with zero attached hydrogens (tertiary/aromatic N) is 2. The van der Waals surface area contributed by atoms with E-state index in [0.717, 1.165) is 36.6 Å². The van der Waals surface area contributed by atoms with E-state index >= 15 is 0 Å². The van der Waals surface area contributed by atoms with Gasteiger partial charge in [-0.25, -0.2) is 0 Å². The Hall–Kier alpha value is -1.22. The molecular weight excluding hydrogens is 443 g/mol. The maximum atomic E-state index is 5.96. The highest BCUT2D eigenvalue weighted by atomic mass is 127. The zero-order valence-corrected chi connectivity index (χ0v) is 18.2. The summed E-state index contributed by atoms with van der Waals surface area (Å²) in [6.45, 7) is 7.67. The lowest BCUT2D eigenvalue weighted by Gasteiger charge is -2.28. The van der Waals surface area contributed by atoms with Crippen LogP contribution in [0.4, 0.5) is 0 Å². The smallest absolute Gasteiger partial charge is 0.191 e. The molecule has 2 aliphatic rings. The Labute approximate surface area is 173 Å². The fourth-order valence-electron chi connectivity index (χ4n) is 3.17. The molecular formula is C19H31IN4O2. The first-order valence-corrected chi connectivity index (χ1v) is 9.26. The number of rotatable bonds is 7. The van der Waals surface area contributed by atoms with E-state index < -0.39 is 0 Å². The number of para-hydroxylation sites is 2. The molecule has 1 saturated carbocycles. The van der Waals surface area contributed by atoms with Gasteiger partial charge in [-0.3, -0.25) is 9.89 Å². The molecule has 0 saturated heterocycles. The number of halogens is 1. The highest BCUT2D eigenvalue weighted by molar-refractivity contribution is 14.0. The number of guanidine groups is 1. The van der Waals surface area contributed by atoms with E-state index in [1.54, 1.807) is 7.05 Å². The molecule has 1 aromatic carbocycles. The van der Waals surface area contributed by atoms with Gasteiger partial charge in [0.1, 0.15) is 12.7 Å². The van der Waals surface area contributed by atoms with Crippen molar-refractivity contribution < 1.29 is 9.47 Å². The number of fused-ring (bicyclic) bond motifs is 1. The van der Waals surface area contributed by atoms with Crippen LogP contribution in [0, 0.1) is 0 Å². The zero-order chi connectivity index (χ0) is 17.6. The van der Waals surface area contributed by atoms with E-state index in [1.807, 2.05) is 24.3 Å². The Morgan fingerprint density at radius 3 is 2.62 bits per heavy atom. The molecule has 1 fully saturated rings. The number of benzene rings is 1. The number of hydrogen-bond acceptors (Lipinski definition) is 4. The van der Waals surface area contributed by atoms with Crippen molar-refractivity contribution in [3.8, 4) is 11.5 Å². The molecule has 0 amide bonds. The van der Waals surface area contributed by atoms with Crippen LogP contribution in [0.25, 0.3) is 0 Å². The van der Waals surface area contributed by atoms with Crippen LogP contribution in [0.2, 0.25) is 0 Å². The molecule has 3 rings (SSSR count). The minimum absolute atomic E-state index is 0. The van der Waals surface area contributed by atoms with E-state index in [0.29, 0.717) is 19.2 Å². The van der Waals surface area contributed by atoms with Gasteiger partial charge in [0.2, 0.25) is 0 Å². The third-order valence-electron chi connectivity index (χ3n) is 4.63. The Bertz CT molecular complexity index is 591. The Balaban J connectivity index is 0.00000243. The lowest BCUT2D eigenvalue weighted by Crippen LogP contribution is -2.47. The van der Waals surface area contributed by atoms with Crippen molar-refractivity contribution in [1.82, 2.24) is 15.5 Å². The fourth-order valence-corrected chi connectivity index (χ4v) is 3.17. The van der Waals surface area contributed by atoms with E-state index in [1.165, 1.54) is 12.8 Å². The van der Waals surface area contributed by atoms with Crippen LogP contribution in [0.1, 0.15) is 26.7 Å². The van der Waals surface area contributed by atoms with Gasteiger partial charge < -0.3 is 20.1 Å². The second kappa shape index (κ2) is 10.2. The van der Waals surface area contributed by atoms with E-state index in [-0.39, 0.29) is 30.1 Å². The summed E-state index contributed by atoms with van der Waals surface area (Å²) in [5, 5.41) is 6.73. The van der Waals surface area contributed by atoms with E-state index in [9.17, 15) is 0 Å². The summed E-state index contributed by atoms with van der Waals surface area (Å²) in [7, 11) is 1.80. The summed E-state index contributed by atoms with van der Waals surface area (Å²) in [6, 6.07) is 9.15. The van der Waals surface area contributed by atoms with Crippen molar-refractivity contribution in [3.63, 3.8) is 0 Å². The molecule has 1 aromatic rings. The van der Waals surface area contributed by atoms with Gasteiger partial charge in [0.15, 0.2) is 17.5 Å². The number of ether oxygens (including phenoxy) is 2. The van der Waals surface area contributed by atoms with Gasteiger partial charge in [-0.15, -0.1) is 24.0 Å². The molecule has 1 aliphatic carbocycles. The van der Waals surface area contributed by atoms with Crippen LogP contribution >= 0.6 is 24.0 Å². The molecule has 26 heavy (non-hydrogen) atoms. The number of aliphatic imine (C=N–C) groups is 1. The maximum Gasteiger partial charge on any atom is 0.191 e. The number of nitrogens with one attached hydrogen (secondary N) is 2. The van der Waals surface area contributed by atoms with Crippen molar-refractivity contribution >= 4 is 29.9 Å². The van der Waals surface area contributed by atoms with Crippen LogP contribution in [-0.4, -0.2) is 62.3 Å². The average Bonchev–Trinajstić information content (AvgIpc) is 3.45. The van der Waals surface area contributed by atoms with Crippen LogP contribution < -0.4 is 20.1 Å². The normalized spacial score (nSPS) is 19.3. The summed E-state index contributed by atoms with van der Waals surface area (Å²) in [4.78, 5) is 6.86. The third-order valence-corrected chi connectivity index (χ3v) is 4.63. The first-order valence-electron chi connectivity index (χ1n) is 9.26. The second-order valence-corrected chi connectivity index (χ2v) is 6.94. The van der Waals surface area contributed by atoms with Crippen LogP contribution in [0.3, 0.4) is 0 Å². The second-order valence-electron chi connectivity index (χ2n) is 6.94. The van der Waals surface area contributed by atoms with Gasteiger partial charge in [0.25, 0.3) is 0 Å². The molecule has 0 aromatic heterocycles. The van der Waals surface area contributed by atoms with Gasteiger partial charge in [-0.1, -0.05) is 12.1 Å². The summed E-state index contributed by atoms with van der Waals surface area (Å²) in [6.07, 6.45) is 2.66. The largest absolute Gasteiger partial charge is 0.486 e. The monoisotopic (exact) mass is 474 g/mol. The van der Waals surface area contributed by atoms with Crippen molar-refractivity contribution in [3.05, 3.63) is 24.3 Å². The maximum absolute atomic E-state index is 5.96. The van der Waals surface area contributed by atoms with Crippen molar-refractivity contribution in [2.75, 3.05) is 33.3 Å². The van der Waals surface area contributed by atoms with Crippen LogP contribution in [0.15, 0.2) is 29.3 Å². The SMILES string of the molecule is CN=C(NCCN(C(C)C)C1CC1)NCC1COc2ccccc2O1.I. The predicted octanol–water partition coefficient (Wildman–Crippen LogP) is 2.48.